The lowest BCUT2D eigenvalue weighted by Crippen LogP contribution is -2.58. The third kappa shape index (κ3) is 9.64. The minimum Gasteiger partial charge on any atom is -0.462 e. The summed E-state index contributed by atoms with van der Waals surface area (Å²) >= 11 is 0. The summed E-state index contributed by atoms with van der Waals surface area (Å²) in [6.07, 6.45) is 8.55. The van der Waals surface area contributed by atoms with Gasteiger partial charge in [0.25, 0.3) is 0 Å². The molecule has 0 saturated carbocycles. The molecule has 6 heterocycles. The molecular formula is C48H72O14. The number of hydrogen-bond acceptors (Lipinski definition) is 14. The fraction of sp³-hybridized carbons (Fsp3) is 0.771. The molecule has 0 aromatic heterocycles. The van der Waals surface area contributed by atoms with Gasteiger partial charge < -0.3 is 62.7 Å². The molecule has 0 aromatic carbocycles. The van der Waals surface area contributed by atoms with E-state index in [0.717, 1.165) is 12.0 Å². The van der Waals surface area contributed by atoms with Crippen LogP contribution in [0.2, 0.25) is 0 Å². The summed E-state index contributed by atoms with van der Waals surface area (Å²) in [4.78, 5) is 14.3. The molecule has 14 nitrogen and oxygen atoms in total. The van der Waals surface area contributed by atoms with Gasteiger partial charge in [-0.05, 0) is 62.8 Å². The lowest BCUT2D eigenvalue weighted by molar-refractivity contribution is -0.318. The van der Waals surface area contributed by atoms with Crippen LogP contribution in [-0.2, 0) is 52.2 Å². The molecule has 7 rings (SSSR count). The van der Waals surface area contributed by atoms with Crippen molar-refractivity contribution in [1.29, 1.82) is 0 Å². The predicted octanol–water partition coefficient (Wildman–Crippen LogP) is 5.38. The molecule has 3 N–H and O–H groups in total. The Balaban J connectivity index is 1.18. The van der Waals surface area contributed by atoms with Gasteiger partial charge in [0.05, 0.1) is 49.3 Å². The maximum Gasteiger partial charge on any atom is 0.316 e. The highest BCUT2D eigenvalue weighted by Gasteiger charge is 2.60. The molecule has 4 saturated heterocycles. The van der Waals surface area contributed by atoms with Crippen LogP contribution >= 0.6 is 0 Å². The Bertz CT molecular complexity index is 1730. The number of ether oxygens (including phenoxy) is 10. The van der Waals surface area contributed by atoms with Crippen LogP contribution in [0.25, 0.3) is 0 Å². The minimum absolute atomic E-state index is 0.0317. The molecule has 7 aliphatic rings. The van der Waals surface area contributed by atoms with E-state index in [2.05, 4.69) is 39.8 Å². The van der Waals surface area contributed by atoms with Gasteiger partial charge in [0.15, 0.2) is 18.4 Å². The third-order valence-corrected chi connectivity index (χ3v) is 14.5. The topological polar surface area (TPSA) is 170 Å². The summed E-state index contributed by atoms with van der Waals surface area (Å²) in [6.45, 7) is 16.1. The van der Waals surface area contributed by atoms with E-state index in [1.54, 1.807) is 40.2 Å². The number of aliphatic hydroxyl groups is 3. The van der Waals surface area contributed by atoms with Gasteiger partial charge in [0, 0.05) is 51.7 Å². The Morgan fingerprint density at radius 2 is 1.60 bits per heavy atom. The second-order valence-corrected chi connectivity index (χ2v) is 19.0. The van der Waals surface area contributed by atoms with Crippen LogP contribution in [0.3, 0.4) is 0 Å². The smallest absolute Gasteiger partial charge is 0.316 e. The van der Waals surface area contributed by atoms with Crippen molar-refractivity contribution in [1.82, 2.24) is 0 Å². The Kier molecular flexibility index (Phi) is 15.1. The molecule has 1 aliphatic carbocycles. The molecule has 62 heavy (non-hydrogen) atoms. The van der Waals surface area contributed by atoms with Gasteiger partial charge in [-0.3, -0.25) is 4.79 Å². The number of carbonyl (C=O) groups excluding carboxylic acids is 1. The highest BCUT2D eigenvalue weighted by atomic mass is 16.7. The first-order chi connectivity index (χ1) is 29.5. The lowest BCUT2D eigenvalue weighted by Gasteiger charge is -2.48. The first-order valence-corrected chi connectivity index (χ1v) is 22.9. The zero-order chi connectivity index (χ0) is 44.7. The van der Waals surface area contributed by atoms with Crippen LogP contribution in [-0.4, -0.2) is 139 Å². The minimum atomic E-state index is -1.84. The van der Waals surface area contributed by atoms with Crippen LogP contribution in [0.15, 0.2) is 59.3 Å². The summed E-state index contributed by atoms with van der Waals surface area (Å²) in [7, 11) is 3.22. The van der Waals surface area contributed by atoms with Crippen molar-refractivity contribution in [3.8, 4) is 0 Å². The first kappa shape index (κ1) is 47.6. The number of methoxy groups -OCH3 is 2. The molecule has 348 valence electrons. The maximum atomic E-state index is 14.3. The van der Waals surface area contributed by atoms with Gasteiger partial charge >= 0.3 is 5.97 Å². The summed E-state index contributed by atoms with van der Waals surface area (Å²) in [5.41, 5.74) is 0.134. The number of aliphatic hydroxyl groups excluding tert-OH is 2. The van der Waals surface area contributed by atoms with Crippen molar-refractivity contribution in [2.75, 3.05) is 20.8 Å². The van der Waals surface area contributed by atoms with Crippen LogP contribution < -0.4 is 0 Å². The van der Waals surface area contributed by atoms with E-state index < -0.39 is 90.8 Å². The molecule has 2 unspecified atom stereocenters. The highest BCUT2D eigenvalue weighted by Crippen LogP contribution is 2.47. The quantitative estimate of drug-likeness (QED) is 0.210. The highest BCUT2D eigenvalue weighted by molar-refractivity contribution is 5.78. The predicted molar refractivity (Wildman–Crippen MR) is 227 cm³/mol. The third-order valence-electron chi connectivity index (χ3n) is 14.5. The standard InChI is InChI=1S/C48H72O14/c1-11-25(2)43-28(5)17-18-47(62-43)23-34-20-33(61-47)16-15-27(4)42(26(3)13-12-14-32-24-55-45-40(49)29(6)19-35(46(51)58-34)48(32,45)52)59-39-22-37(54-10)44(31(8)57-39)60-38-21-36(53-9)41(50)30(7)56-38/h12-15,17-19,25-26,28,30-31,33-45,49-50,52H,11,16,20-24H2,1-10H3/b13-12+,27-15+,32-14+/t25-,26-,28-,30-,31-,33+,34-,35?,36-,37-,38-,39-,40+,41-,42-,43+,44?,45+,47+,48+/m0/s1. The molecule has 6 aliphatic heterocycles. The molecule has 0 aromatic rings. The fourth-order valence-electron chi connectivity index (χ4n) is 10.6. The number of esters is 1. The Hall–Kier alpha value is -2.31. The number of hydrogen-bond donors (Lipinski definition) is 3. The zero-order valence-corrected chi connectivity index (χ0v) is 38.2. The molecule has 14 heteroatoms. The molecule has 20 atom stereocenters. The molecule has 4 fully saturated rings. The Morgan fingerprint density at radius 3 is 2.32 bits per heavy atom. The van der Waals surface area contributed by atoms with E-state index in [1.807, 2.05) is 32.1 Å². The maximum absolute atomic E-state index is 14.3. The first-order valence-electron chi connectivity index (χ1n) is 22.9. The van der Waals surface area contributed by atoms with Gasteiger partial charge in [0.1, 0.15) is 42.0 Å². The number of fused-ring (bicyclic) bond motifs is 2. The average Bonchev–Trinajstić information content (AvgIpc) is 3.58. The van der Waals surface area contributed by atoms with Crippen molar-refractivity contribution >= 4 is 5.97 Å². The van der Waals surface area contributed by atoms with Crippen molar-refractivity contribution in [2.24, 2.45) is 23.7 Å². The van der Waals surface area contributed by atoms with E-state index in [9.17, 15) is 20.1 Å². The second-order valence-electron chi connectivity index (χ2n) is 19.0. The molecule has 2 bridgehead atoms. The van der Waals surface area contributed by atoms with Crippen LogP contribution in [0.5, 0.6) is 0 Å². The summed E-state index contributed by atoms with van der Waals surface area (Å²) in [5.74, 6) is -2.56. The van der Waals surface area contributed by atoms with E-state index in [4.69, 9.17) is 47.4 Å². The zero-order valence-electron chi connectivity index (χ0n) is 38.2. The molecule has 1 spiro atoms. The van der Waals surface area contributed by atoms with E-state index in [-0.39, 0.29) is 42.7 Å². The number of carbonyl (C=O) groups is 1. The van der Waals surface area contributed by atoms with Crippen LogP contribution in [0.4, 0.5) is 0 Å². The second kappa shape index (κ2) is 19.7. The summed E-state index contributed by atoms with van der Waals surface area (Å²) in [5, 5.41) is 34.2. The van der Waals surface area contributed by atoms with Gasteiger partial charge in [-0.15, -0.1) is 0 Å². The Labute approximate surface area is 367 Å². The van der Waals surface area contributed by atoms with E-state index in [1.165, 1.54) is 0 Å². The van der Waals surface area contributed by atoms with Gasteiger partial charge in [-0.2, -0.15) is 0 Å². The summed E-state index contributed by atoms with van der Waals surface area (Å²) < 4.78 is 63.7. The number of rotatable bonds is 8. The number of allylic oxidation sites excluding steroid dienone is 2. The van der Waals surface area contributed by atoms with Crippen LogP contribution in [0, 0.1) is 23.7 Å². The average molecular weight is 873 g/mol. The van der Waals surface area contributed by atoms with Gasteiger partial charge in [0.2, 0.25) is 0 Å². The fourth-order valence-corrected chi connectivity index (χ4v) is 10.6. The molecule has 0 radical (unpaired) electrons. The Morgan fingerprint density at radius 1 is 0.887 bits per heavy atom. The summed E-state index contributed by atoms with van der Waals surface area (Å²) in [6, 6.07) is 0. The van der Waals surface area contributed by atoms with Gasteiger partial charge in [-0.25, -0.2) is 0 Å². The van der Waals surface area contributed by atoms with Crippen molar-refractivity contribution in [3.63, 3.8) is 0 Å². The van der Waals surface area contributed by atoms with Crippen molar-refractivity contribution in [2.45, 2.75) is 191 Å². The van der Waals surface area contributed by atoms with Crippen molar-refractivity contribution in [3.05, 3.63) is 59.3 Å². The van der Waals surface area contributed by atoms with Gasteiger partial charge in [-0.1, -0.05) is 70.6 Å². The largest absolute Gasteiger partial charge is 0.462 e. The van der Waals surface area contributed by atoms with Crippen molar-refractivity contribution < 1.29 is 67.5 Å². The monoisotopic (exact) mass is 872 g/mol. The van der Waals surface area contributed by atoms with E-state index >= 15 is 0 Å². The normalized spacial score (nSPS) is 49.1. The van der Waals surface area contributed by atoms with E-state index in [0.29, 0.717) is 43.3 Å². The SMILES string of the molecule is CC[C@H](C)[C@H]1O[C@]2(C=C[C@@H]1C)C[C@@H]1C[C@@H](C/C=C(\C)[C@@H](O[C@H]3C[C@H](OC)C(O[C@H]4C[C@H](OC)[C@@H](O)[C@H](C)O4)[C@H](C)O3)[C@@H](C)/C=C/C=C3\CO[C@@H]4[C@H](O)C(C)=CC(C(=O)O1)[C@]34O)O2. The lowest BCUT2D eigenvalue weighted by atomic mass is 9.71. The molecule has 0 amide bonds. The van der Waals surface area contributed by atoms with Crippen LogP contribution in [0.1, 0.15) is 93.9 Å². The molecular weight excluding hydrogens is 801 g/mol.